The molecule has 0 N–H and O–H groups in total. The minimum atomic E-state index is -0.587. The van der Waals surface area contributed by atoms with Crippen LogP contribution in [0, 0.1) is 0 Å². The van der Waals surface area contributed by atoms with Crippen LogP contribution in [0.25, 0.3) is 6.08 Å². The number of carbonyl (C=O) groups excluding carboxylic acids is 2. The lowest BCUT2D eigenvalue weighted by atomic mass is 10.2. The summed E-state index contributed by atoms with van der Waals surface area (Å²) in [5.41, 5.74) is 0.843. The molecule has 0 bridgehead atoms. The van der Waals surface area contributed by atoms with Crippen molar-refractivity contribution < 1.29 is 14.3 Å². The first-order valence-electron chi connectivity index (χ1n) is 5.09. The molecule has 1 aromatic rings. The van der Waals surface area contributed by atoms with Gasteiger partial charge >= 0.3 is 6.09 Å². The number of ether oxygens (including phenoxy) is 1. The van der Waals surface area contributed by atoms with E-state index in [0.717, 1.165) is 10.5 Å². The minimum absolute atomic E-state index is 0.263. The van der Waals surface area contributed by atoms with Crippen molar-refractivity contribution in [2.45, 2.75) is 0 Å². The molecule has 17 heavy (non-hydrogen) atoms. The maximum Gasteiger partial charge on any atom is 0.416 e. The second kappa shape index (κ2) is 5.01. The molecule has 0 saturated carbocycles. The lowest BCUT2D eigenvalue weighted by Gasteiger charge is -2.06. The Kier molecular flexibility index (Phi) is 3.44. The van der Waals surface area contributed by atoms with E-state index in [1.54, 1.807) is 30.3 Å². The van der Waals surface area contributed by atoms with Crippen molar-refractivity contribution >= 4 is 29.7 Å². The highest BCUT2D eigenvalue weighted by atomic mass is 35.5. The fourth-order valence-electron chi connectivity index (χ4n) is 1.42. The molecule has 1 aliphatic rings. The van der Waals surface area contributed by atoms with Crippen molar-refractivity contribution in [3.8, 4) is 0 Å². The number of rotatable bonds is 2. The van der Waals surface area contributed by atoms with Gasteiger partial charge < -0.3 is 4.74 Å². The van der Waals surface area contributed by atoms with Gasteiger partial charge in [0.2, 0.25) is 0 Å². The molecule has 0 unspecified atom stereocenters. The summed E-state index contributed by atoms with van der Waals surface area (Å²) in [6, 6.07) is 7.04. The Hall–Kier alpha value is -1.81. The first-order chi connectivity index (χ1) is 8.16. The van der Waals surface area contributed by atoms with Crippen LogP contribution in [-0.4, -0.2) is 30.1 Å². The van der Waals surface area contributed by atoms with E-state index in [4.69, 9.17) is 11.6 Å². The third-order valence-electron chi connectivity index (χ3n) is 2.32. The van der Waals surface area contributed by atoms with Gasteiger partial charge in [0.15, 0.2) is 0 Å². The Morgan fingerprint density at radius 1 is 1.35 bits per heavy atom. The average molecular weight is 252 g/mol. The quantitative estimate of drug-likeness (QED) is 0.758. The molecule has 1 saturated heterocycles. The van der Waals surface area contributed by atoms with Gasteiger partial charge in [-0.25, -0.2) is 9.69 Å². The Balaban J connectivity index is 2.03. The number of benzene rings is 1. The average Bonchev–Trinajstić information content (AvgIpc) is 2.74. The molecule has 0 radical (unpaired) electrons. The van der Waals surface area contributed by atoms with Gasteiger partial charge in [0.1, 0.15) is 6.61 Å². The topological polar surface area (TPSA) is 46.6 Å². The largest absolute Gasteiger partial charge is 0.447 e. The Morgan fingerprint density at radius 2 is 2.06 bits per heavy atom. The zero-order valence-electron chi connectivity index (χ0n) is 8.93. The molecule has 1 fully saturated rings. The molecule has 1 aromatic carbocycles. The van der Waals surface area contributed by atoms with Gasteiger partial charge in [0.05, 0.1) is 6.54 Å². The predicted octanol–water partition coefficient (Wildman–Crippen LogP) is 2.33. The fourth-order valence-corrected chi connectivity index (χ4v) is 1.55. The van der Waals surface area contributed by atoms with Crippen molar-refractivity contribution in [3.05, 3.63) is 40.9 Å². The Bertz CT molecular complexity index is 467. The maximum absolute atomic E-state index is 11.6. The van der Waals surface area contributed by atoms with Crippen molar-refractivity contribution in [2.24, 2.45) is 0 Å². The van der Waals surface area contributed by atoms with E-state index in [2.05, 4.69) is 4.74 Å². The monoisotopic (exact) mass is 251 g/mol. The van der Waals surface area contributed by atoms with E-state index in [1.165, 1.54) is 6.08 Å². The molecule has 4 nitrogen and oxygen atoms in total. The summed E-state index contributed by atoms with van der Waals surface area (Å²) in [5, 5.41) is 0.636. The van der Waals surface area contributed by atoms with Crippen LogP contribution in [0.4, 0.5) is 4.79 Å². The molecule has 2 amide bonds. The van der Waals surface area contributed by atoms with E-state index < -0.39 is 6.09 Å². The van der Waals surface area contributed by atoms with E-state index >= 15 is 0 Å². The number of nitrogens with zero attached hydrogens (tertiary/aromatic N) is 1. The van der Waals surface area contributed by atoms with Crippen molar-refractivity contribution in [1.29, 1.82) is 0 Å². The zero-order chi connectivity index (χ0) is 12.3. The van der Waals surface area contributed by atoms with Crippen LogP contribution >= 0.6 is 11.6 Å². The molecule has 88 valence electrons. The van der Waals surface area contributed by atoms with Crippen LogP contribution in [0.1, 0.15) is 5.56 Å². The normalized spacial score (nSPS) is 15.4. The number of carbonyl (C=O) groups is 2. The summed E-state index contributed by atoms with van der Waals surface area (Å²) in [5.74, 6) is -0.373. The van der Waals surface area contributed by atoms with E-state index in [0.29, 0.717) is 11.6 Å². The van der Waals surface area contributed by atoms with Gasteiger partial charge in [-0.2, -0.15) is 0 Å². The van der Waals surface area contributed by atoms with E-state index in [9.17, 15) is 9.59 Å². The molecule has 5 heteroatoms. The molecule has 1 aliphatic heterocycles. The summed E-state index contributed by atoms with van der Waals surface area (Å²) in [6.45, 7) is 0.571. The molecule has 0 aromatic heterocycles. The molecule has 0 atom stereocenters. The summed E-state index contributed by atoms with van der Waals surface area (Å²) in [6.07, 6.45) is 2.39. The third-order valence-corrected chi connectivity index (χ3v) is 2.57. The molecular formula is C12H10ClNO3. The zero-order valence-corrected chi connectivity index (χ0v) is 9.68. The highest BCUT2D eigenvalue weighted by Gasteiger charge is 2.26. The van der Waals surface area contributed by atoms with E-state index in [-0.39, 0.29) is 12.5 Å². The molecule has 1 heterocycles. The van der Waals surface area contributed by atoms with Crippen LogP contribution in [-0.2, 0) is 9.53 Å². The highest BCUT2D eigenvalue weighted by molar-refractivity contribution is 6.30. The van der Waals surface area contributed by atoms with Gasteiger partial charge in [-0.3, -0.25) is 4.79 Å². The summed E-state index contributed by atoms with van der Waals surface area (Å²) >= 11 is 5.74. The fraction of sp³-hybridized carbons (Fsp3) is 0.167. The lowest BCUT2D eigenvalue weighted by Crippen LogP contribution is -2.29. The molecule has 0 aliphatic carbocycles. The number of hydrogen-bond acceptors (Lipinski definition) is 3. The predicted molar refractivity (Wildman–Crippen MR) is 63.5 cm³/mol. The van der Waals surface area contributed by atoms with Gasteiger partial charge in [-0.05, 0) is 23.8 Å². The van der Waals surface area contributed by atoms with Gasteiger partial charge in [-0.15, -0.1) is 0 Å². The molecule has 2 rings (SSSR count). The number of halogens is 1. The SMILES string of the molecule is O=C(C=Cc1ccc(Cl)cc1)N1CCOC1=O. The number of imide groups is 1. The van der Waals surface area contributed by atoms with Gasteiger partial charge in [-0.1, -0.05) is 23.7 Å². The van der Waals surface area contributed by atoms with Crippen LogP contribution in [0.3, 0.4) is 0 Å². The molecule has 0 spiro atoms. The standard InChI is InChI=1S/C12H10ClNO3/c13-10-4-1-9(2-5-10)3-6-11(15)14-7-8-17-12(14)16/h1-6H,7-8H2. The maximum atomic E-state index is 11.6. The highest BCUT2D eigenvalue weighted by Crippen LogP contribution is 2.11. The first kappa shape index (κ1) is 11.7. The molecular weight excluding hydrogens is 242 g/mol. The third kappa shape index (κ3) is 2.85. The van der Waals surface area contributed by atoms with Crippen LogP contribution in [0.5, 0.6) is 0 Å². The van der Waals surface area contributed by atoms with Crippen LogP contribution in [0.15, 0.2) is 30.3 Å². The summed E-state index contributed by atoms with van der Waals surface area (Å²) < 4.78 is 4.67. The minimum Gasteiger partial charge on any atom is -0.447 e. The number of hydrogen-bond donors (Lipinski definition) is 0. The van der Waals surface area contributed by atoms with Crippen molar-refractivity contribution in [3.63, 3.8) is 0 Å². The smallest absolute Gasteiger partial charge is 0.416 e. The van der Waals surface area contributed by atoms with Crippen LogP contribution < -0.4 is 0 Å². The van der Waals surface area contributed by atoms with Gasteiger partial charge in [0.25, 0.3) is 5.91 Å². The van der Waals surface area contributed by atoms with Gasteiger partial charge in [0, 0.05) is 11.1 Å². The Labute approximate surface area is 103 Å². The summed E-state index contributed by atoms with van der Waals surface area (Å²) in [4.78, 5) is 23.8. The Morgan fingerprint density at radius 3 is 2.65 bits per heavy atom. The second-order valence-corrected chi connectivity index (χ2v) is 3.93. The number of amides is 2. The van der Waals surface area contributed by atoms with Crippen LogP contribution in [0.2, 0.25) is 5.02 Å². The second-order valence-electron chi connectivity index (χ2n) is 3.49. The first-order valence-corrected chi connectivity index (χ1v) is 5.46. The van der Waals surface area contributed by atoms with Crippen molar-refractivity contribution in [1.82, 2.24) is 4.90 Å². The van der Waals surface area contributed by atoms with E-state index in [1.807, 2.05) is 0 Å². The summed E-state index contributed by atoms with van der Waals surface area (Å²) in [7, 11) is 0. The number of cyclic esters (lactones) is 1. The lowest BCUT2D eigenvalue weighted by molar-refractivity contribution is -0.122. The van der Waals surface area contributed by atoms with Crippen molar-refractivity contribution in [2.75, 3.05) is 13.2 Å².